The minimum absolute atomic E-state index is 0.114. The average molecular weight is 401 g/mol. The quantitative estimate of drug-likeness (QED) is 0.470. The monoisotopic (exact) mass is 400 g/mol. The van der Waals surface area contributed by atoms with Crippen LogP contribution in [0.1, 0.15) is 29.8 Å². The Balaban J connectivity index is 1.66. The van der Waals surface area contributed by atoms with E-state index in [0.29, 0.717) is 13.2 Å². The number of thiophene rings is 1. The topological polar surface area (TPSA) is 44.1 Å². The Morgan fingerprint density at radius 1 is 1.00 bits per heavy atom. The van der Waals surface area contributed by atoms with Gasteiger partial charge in [-0.3, -0.25) is 4.79 Å². The van der Waals surface area contributed by atoms with Crippen molar-refractivity contribution in [1.29, 1.82) is 0 Å². The summed E-state index contributed by atoms with van der Waals surface area (Å²) in [7, 11) is 0. The summed E-state index contributed by atoms with van der Waals surface area (Å²) in [5, 5.41) is 2.85. The van der Waals surface area contributed by atoms with Gasteiger partial charge in [0.2, 0.25) is 0 Å². The van der Waals surface area contributed by atoms with E-state index < -0.39 is 0 Å². The molecule has 2 aliphatic rings. The Morgan fingerprint density at radius 2 is 1.76 bits per heavy atom. The van der Waals surface area contributed by atoms with Gasteiger partial charge in [-0.1, -0.05) is 54.6 Å². The number of benzene rings is 2. The minimum atomic E-state index is -0.239. The smallest absolute Gasteiger partial charge is 0.282 e. The highest BCUT2D eigenvalue weighted by Crippen LogP contribution is 2.46. The number of rotatable bonds is 1. The molecule has 0 amide bonds. The molecule has 2 aromatic heterocycles. The lowest BCUT2D eigenvalue weighted by molar-refractivity contribution is 0.0575. The third kappa shape index (κ3) is 2.41. The van der Waals surface area contributed by atoms with Crippen LogP contribution in [0.2, 0.25) is 0 Å². The lowest BCUT2D eigenvalue weighted by Crippen LogP contribution is -2.43. The normalized spacial score (nSPS) is 17.2. The lowest BCUT2D eigenvalue weighted by atomic mass is 9.70. The second-order valence-electron chi connectivity index (χ2n) is 7.87. The molecule has 4 nitrogen and oxygen atoms in total. The van der Waals surface area contributed by atoms with Crippen molar-refractivity contribution < 1.29 is 4.74 Å². The number of nitrogens with zero attached hydrogens (tertiary/aromatic N) is 2. The molecular formula is C24H20N2O2S. The molecule has 0 unspecified atom stereocenters. The molecule has 0 radical (unpaired) electrons. The van der Waals surface area contributed by atoms with Crippen molar-refractivity contribution in [2.24, 2.45) is 0 Å². The van der Waals surface area contributed by atoms with Crippen LogP contribution in [0.3, 0.4) is 0 Å². The van der Waals surface area contributed by atoms with Crippen LogP contribution in [0, 0.1) is 0 Å². The van der Waals surface area contributed by atoms with Gasteiger partial charge in [0.15, 0.2) is 0 Å². The summed E-state index contributed by atoms with van der Waals surface area (Å²) in [5.74, 6) is 0.915. The van der Waals surface area contributed by atoms with Gasteiger partial charge < -0.3 is 9.30 Å². The van der Waals surface area contributed by atoms with Crippen LogP contribution in [-0.4, -0.2) is 22.8 Å². The van der Waals surface area contributed by atoms with Gasteiger partial charge in [-0.25, -0.2) is 0 Å². The van der Waals surface area contributed by atoms with E-state index in [9.17, 15) is 4.79 Å². The molecule has 144 valence electrons. The van der Waals surface area contributed by atoms with Gasteiger partial charge in [-0.05, 0) is 29.5 Å². The molecule has 0 saturated carbocycles. The highest BCUT2D eigenvalue weighted by atomic mass is 32.1. The zero-order chi connectivity index (χ0) is 19.4. The van der Waals surface area contributed by atoms with Crippen molar-refractivity contribution in [2.45, 2.75) is 24.8 Å². The van der Waals surface area contributed by atoms with E-state index >= 15 is 0 Å². The average Bonchev–Trinajstić information content (AvgIpc) is 3.23. The molecule has 4 heterocycles. The summed E-state index contributed by atoms with van der Waals surface area (Å²) >= 11 is 1.65. The maximum atomic E-state index is 13.3. The van der Waals surface area contributed by atoms with Gasteiger partial charge in [0.25, 0.3) is 5.56 Å². The fraction of sp³-hybridized carbons (Fsp3) is 0.250. The maximum absolute atomic E-state index is 13.3. The first-order valence-corrected chi connectivity index (χ1v) is 10.9. The first-order chi connectivity index (χ1) is 14.3. The van der Waals surface area contributed by atoms with Crippen molar-refractivity contribution in [2.75, 3.05) is 13.2 Å². The van der Waals surface area contributed by atoms with Crippen LogP contribution in [-0.2, 0) is 16.7 Å². The second kappa shape index (κ2) is 6.37. The molecule has 2 aromatic carbocycles. The molecule has 1 spiro atoms. The molecule has 29 heavy (non-hydrogen) atoms. The van der Waals surface area contributed by atoms with Crippen LogP contribution in [0.4, 0.5) is 0 Å². The summed E-state index contributed by atoms with van der Waals surface area (Å²) in [4.78, 5) is 19.1. The zero-order valence-electron chi connectivity index (χ0n) is 15.9. The van der Waals surface area contributed by atoms with Crippen molar-refractivity contribution >= 4 is 21.6 Å². The minimum Gasteiger partial charge on any atom is -0.381 e. The van der Waals surface area contributed by atoms with Crippen molar-refractivity contribution in [3.8, 4) is 11.1 Å². The van der Waals surface area contributed by atoms with E-state index in [1.54, 1.807) is 11.3 Å². The maximum Gasteiger partial charge on any atom is 0.282 e. The predicted molar refractivity (Wildman–Crippen MR) is 116 cm³/mol. The summed E-state index contributed by atoms with van der Waals surface area (Å²) in [6.45, 7) is 2.15. The summed E-state index contributed by atoms with van der Waals surface area (Å²) in [6, 6.07) is 18.8. The summed E-state index contributed by atoms with van der Waals surface area (Å²) < 4.78 is 7.99. The third-order valence-corrected chi connectivity index (χ3v) is 7.42. The molecule has 0 bridgehead atoms. The number of aromatic nitrogens is 2. The van der Waals surface area contributed by atoms with Crippen LogP contribution >= 0.6 is 11.3 Å². The Morgan fingerprint density at radius 3 is 2.59 bits per heavy atom. The van der Waals surface area contributed by atoms with Gasteiger partial charge in [-0.2, -0.15) is 4.98 Å². The van der Waals surface area contributed by atoms with Crippen LogP contribution in [0.5, 0.6) is 0 Å². The Labute approximate surface area is 172 Å². The van der Waals surface area contributed by atoms with E-state index in [1.165, 1.54) is 11.1 Å². The Kier molecular flexibility index (Phi) is 3.76. The van der Waals surface area contributed by atoms with Gasteiger partial charge in [0.05, 0.1) is 17.3 Å². The molecule has 6 rings (SSSR count). The van der Waals surface area contributed by atoms with Crippen molar-refractivity contribution in [3.05, 3.63) is 87.3 Å². The van der Waals surface area contributed by atoms with E-state index in [1.807, 2.05) is 18.2 Å². The fourth-order valence-electron chi connectivity index (χ4n) is 5.03. The lowest BCUT2D eigenvalue weighted by Gasteiger charge is -2.42. The first-order valence-electron chi connectivity index (χ1n) is 10.0. The standard InChI is InChI=1S/C24H20N2O2S/c27-21-20-18(16-6-2-1-3-7-16)15-29-22(20)26-14-17-8-4-5-9-19(17)24(23(26)25-21)10-12-28-13-11-24/h1-9,15H,10-14H2. The van der Waals surface area contributed by atoms with E-state index in [2.05, 4.69) is 46.3 Å². The van der Waals surface area contributed by atoms with Crippen LogP contribution in [0.25, 0.3) is 21.3 Å². The second-order valence-corrected chi connectivity index (χ2v) is 8.73. The zero-order valence-corrected chi connectivity index (χ0v) is 16.7. The van der Waals surface area contributed by atoms with Crippen molar-refractivity contribution in [1.82, 2.24) is 9.55 Å². The van der Waals surface area contributed by atoms with Crippen LogP contribution < -0.4 is 5.56 Å². The van der Waals surface area contributed by atoms with E-state index in [0.717, 1.165) is 46.6 Å². The van der Waals surface area contributed by atoms with E-state index in [4.69, 9.17) is 9.72 Å². The fourth-order valence-corrected chi connectivity index (χ4v) is 6.11. The Hall–Kier alpha value is -2.76. The summed E-state index contributed by atoms with van der Waals surface area (Å²) in [6.07, 6.45) is 1.72. The Bertz CT molecular complexity index is 1280. The highest BCUT2D eigenvalue weighted by molar-refractivity contribution is 7.17. The molecule has 4 aromatic rings. The number of hydrogen-bond donors (Lipinski definition) is 0. The largest absolute Gasteiger partial charge is 0.381 e. The van der Waals surface area contributed by atoms with Gasteiger partial charge in [0.1, 0.15) is 10.7 Å². The molecule has 2 aliphatic heterocycles. The molecule has 1 saturated heterocycles. The van der Waals surface area contributed by atoms with E-state index in [-0.39, 0.29) is 11.0 Å². The van der Waals surface area contributed by atoms with Crippen molar-refractivity contribution in [3.63, 3.8) is 0 Å². The molecule has 0 N–H and O–H groups in total. The van der Waals surface area contributed by atoms with Gasteiger partial charge in [0, 0.05) is 24.2 Å². The molecule has 1 fully saturated rings. The molecule has 5 heteroatoms. The third-order valence-electron chi connectivity index (χ3n) is 6.41. The van der Waals surface area contributed by atoms with Crippen LogP contribution in [0.15, 0.2) is 64.8 Å². The SMILES string of the molecule is O=c1nc2n(c3scc(-c4ccccc4)c13)Cc1ccccc1C21CCOCC1. The first kappa shape index (κ1) is 17.1. The predicted octanol–water partition coefficient (Wildman–Crippen LogP) is 4.58. The molecule has 0 atom stereocenters. The number of ether oxygens (including phenoxy) is 1. The molecule has 0 aliphatic carbocycles. The summed E-state index contributed by atoms with van der Waals surface area (Å²) in [5.41, 5.74) is 4.33. The van der Waals surface area contributed by atoms with Gasteiger partial charge >= 0.3 is 0 Å². The highest BCUT2D eigenvalue weighted by Gasteiger charge is 2.44. The van der Waals surface area contributed by atoms with Gasteiger partial charge in [-0.15, -0.1) is 11.3 Å². The molecular weight excluding hydrogens is 380 g/mol. The number of fused-ring (bicyclic) bond motifs is 6. The number of hydrogen-bond acceptors (Lipinski definition) is 4.